The van der Waals surface area contributed by atoms with Crippen LogP contribution >= 0.6 is 24.8 Å². The molecule has 1 heterocycles. The van der Waals surface area contributed by atoms with Crippen molar-refractivity contribution in [2.75, 3.05) is 14.1 Å². The van der Waals surface area contributed by atoms with E-state index in [0.29, 0.717) is 12.6 Å². The van der Waals surface area contributed by atoms with E-state index in [1.165, 1.54) is 5.56 Å². The van der Waals surface area contributed by atoms with Gasteiger partial charge in [-0.3, -0.25) is 14.4 Å². The van der Waals surface area contributed by atoms with Crippen molar-refractivity contribution >= 4 is 30.7 Å². The average Bonchev–Trinajstić information content (AvgIpc) is 3.00. The van der Waals surface area contributed by atoms with Crippen LogP contribution in [0.5, 0.6) is 0 Å². The maximum absolute atomic E-state index is 12.6. The molecule has 0 spiro atoms. The van der Waals surface area contributed by atoms with Gasteiger partial charge in [0.1, 0.15) is 6.04 Å². The van der Waals surface area contributed by atoms with Gasteiger partial charge in [0.05, 0.1) is 6.20 Å². The van der Waals surface area contributed by atoms with Crippen LogP contribution in [0.3, 0.4) is 0 Å². The van der Waals surface area contributed by atoms with E-state index in [2.05, 4.69) is 53.7 Å². The Kier molecular flexibility index (Phi) is 11.3. The molecular weight excluding hydrogens is 385 g/mol. The number of carbonyl (C=O) groups excluding carboxylic acids is 1. The average molecular weight is 416 g/mol. The monoisotopic (exact) mass is 415 g/mol. The van der Waals surface area contributed by atoms with Gasteiger partial charge in [-0.05, 0) is 39.1 Å². The molecule has 1 atom stereocenters. The van der Waals surface area contributed by atoms with Gasteiger partial charge in [0.25, 0.3) is 0 Å². The maximum Gasteiger partial charge on any atom is 0.242 e. The first-order chi connectivity index (χ1) is 11.9. The highest BCUT2D eigenvalue weighted by Gasteiger charge is 2.20. The van der Waals surface area contributed by atoms with Crippen LogP contribution in [0.2, 0.25) is 0 Å². The van der Waals surface area contributed by atoms with E-state index in [0.717, 1.165) is 17.7 Å². The van der Waals surface area contributed by atoms with Gasteiger partial charge in [-0.15, -0.1) is 24.8 Å². The lowest BCUT2D eigenvalue weighted by Gasteiger charge is -2.23. The number of halogens is 2. The minimum absolute atomic E-state index is 0. The molecule has 0 saturated heterocycles. The van der Waals surface area contributed by atoms with Crippen molar-refractivity contribution in [3.05, 3.63) is 53.3 Å². The minimum atomic E-state index is -0.404. The van der Waals surface area contributed by atoms with Crippen LogP contribution in [-0.4, -0.2) is 40.7 Å². The van der Waals surface area contributed by atoms with Crippen molar-refractivity contribution in [1.82, 2.24) is 25.3 Å². The quantitative estimate of drug-likeness (QED) is 0.695. The fourth-order valence-corrected chi connectivity index (χ4v) is 2.66. The van der Waals surface area contributed by atoms with Gasteiger partial charge in [-0.2, -0.15) is 5.10 Å². The predicted octanol–water partition coefficient (Wildman–Crippen LogP) is 2.68. The molecule has 2 N–H and O–H groups in total. The Labute approximate surface area is 174 Å². The fraction of sp³-hybridized carbons (Fsp3) is 0.474. The number of hydrogen-bond donors (Lipinski definition) is 2. The van der Waals surface area contributed by atoms with E-state index < -0.39 is 6.04 Å². The molecule has 0 aliphatic heterocycles. The summed E-state index contributed by atoms with van der Waals surface area (Å²) in [4.78, 5) is 14.9. The highest BCUT2D eigenvalue weighted by atomic mass is 35.5. The van der Waals surface area contributed by atoms with Crippen LogP contribution in [0.15, 0.2) is 36.7 Å². The number of amides is 1. The van der Waals surface area contributed by atoms with Crippen molar-refractivity contribution < 1.29 is 4.79 Å². The number of nitrogens with zero attached hydrogens (tertiary/aromatic N) is 3. The maximum atomic E-state index is 12.6. The summed E-state index contributed by atoms with van der Waals surface area (Å²) in [6.07, 6.45) is 3.57. The highest BCUT2D eigenvalue weighted by molar-refractivity contribution is 5.85. The molecule has 152 valence electrons. The van der Waals surface area contributed by atoms with Crippen LogP contribution in [0.1, 0.15) is 36.6 Å². The number of likely N-dealkylation sites (N-methyl/N-ethyl adjacent to an activating group) is 1. The number of aromatic nitrogens is 2. The van der Waals surface area contributed by atoms with Gasteiger partial charge in [0.2, 0.25) is 5.91 Å². The van der Waals surface area contributed by atoms with Gasteiger partial charge in [-0.25, -0.2) is 0 Å². The lowest BCUT2D eigenvalue weighted by Crippen LogP contribution is -2.36. The summed E-state index contributed by atoms with van der Waals surface area (Å²) in [5.74, 6) is -0.0532. The number of nitrogens with one attached hydrogen (secondary N) is 2. The van der Waals surface area contributed by atoms with Gasteiger partial charge in [0.15, 0.2) is 0 Å². The van der Waals surface area contributed by atoms with Crippen LogP contribution in [0.25, 0.3) is 0 Å². The second-order valence-corrected chi connectivity index (χ2v) is 6.66. The molecule has 0 aliphatic rings. The van der Waals surface area contributed by atoms with E-state index in [4.69, 9.17) is 0 Å². The summed E-state index contributed by atoms with van der Waals surface area (Å²) >= 11 is 0. The van der Waals surface area contributed by atoms with E-state index in [9.17, 15) is 4.79 Å². The Morgan fingerprint density at radius 2 is 1.85 bits per heavy atom. The van der Waals surface area contributed by atoms with Gasteiger partial charge in [0, 0.05) is 37.9 Å². The Balaban J connectivity index is 0.00000338. The number of benzene rings is 1. The van der Waals surface area contributed by atoms with Crippen LogP contribution in [0, 0.1) is 0 Å². The summed E-state index contributed by atoms with van der Waals surface area (Å²) in [5, 5.41) is 10.2. The summed E-state index contributed by atoms with van der Waals surface area (Å²) in [6.45, 7) is 5.73. The topological polar surface area (TPSA) is 62.2 Å². The first kappa shape index (κ1) is 25.4. The molecule has 0 aliphatic carbocycles. The molecule has 1 unspecified atom stereocenters. The SMILES string of the molecule is CNC(C(=O)NCc1ccccc1CN(C)C(C)C)c1cnn(C)c1.Cl.Cl. The fourth-order valence-electron chi connectivity index (χ4n) is 2.66. The third kappa shape index (κ3) is 7.14. The molecule has 2 rings (SSSR count). The third-order valence-corrected chi connectivity index (χ3v) is 4.48. The number of aryl methyl sites for hydroxylation is 1. The Morgan fingerprint density at radius 3 is 2.37 bits per heavy atom. The van der Waals surface area contributed by atoms with Crippen LogP contribution < -0.4 is 10.6 Å². The molecule has 0 bridgehead atoms. The summed E-state index contributed by atoms with van der Waals surface area (Å²) < 4.78 is 1.70. The zero-order chi connectivity index (χ0) is 18.4. The number of hydrogen-bond acceptors (Lipinski definition) is 4. The van der Waals surface area contributed by atoms with Gasteiger partial charge in [-0.1, -0.05) is 24.3 Å². The normalized spacial score (nSPS) is 11.7. The highest BCUT2D eigenvalue weighted by Crippen LogP contribution is 2.14. The van der Waals surface area contributed by atoms with Crippen molar-refractivity contribution in [1.29, 1.82) is 0 Å². The molecule has 1 amide bonds. The molecule has 6 nitrogen and oxygen atoms in total. The number of carbonyl (C=O) groups is 1. The predicted molar refractivity (Wildman–Crippen MR) is 114 cm³/mol. The number of rotatable bonds is 8. The molecule has 1 aromatic heterocycles. The zero-order valence-corrected chi connectivity index (χ0v) is 18.2. The van der Waals surface area contributed by atoms with Crippen molar-refractivity contribution in [2.24, 2.45) is 7.05 Å². The first-order valence-corrected chi connectivity index (χ1v) is 8.63. The standard InChI is InChI=1S/C19H29N5O.2ClH/c1-14(2)23(4)12-16-9-7-6-8-15(16)10-21-19(25)18(20-3)17-11-22-24(5)13-17;;/h6-9,11,13-14,18,20H,10,12H2,1-5H3,(H,21,25);2*1H. The smallest absolute Gasteiger partial charge is 0.242 e. The van der Waals surface area contributed by atoms with Crippen molar-refractivity contribution in [2.45, 2.75) is 39.0 Å². The molecule has 8 heteroatoms. The zero-order valence-electron chi connectivity index (χ0n) is 16.6. The Hall–Kier alpha value is -1.60. The van der Waals surface area contributed by atoms with Gasteiger partial charge >= 0.3 is 0 Å². The van der Waals surface area contributed by atoms with Crippen LogP contribution in [-0.2, 0) is 24.9 Å². The molecule has 2 aromatic rings. The van der Waals surface area contributed by atoms with E-state index in [-0.39, 0.29) is 30.7 Å². The molecular formula is C19H31Cl2N5O. The minimum Gasteiger partial charge on any atom is -0.350 e. The molecule has 1 aromatic carbocycles. The largest absolute Gasteiger partial charge is 0.350 e. The Morgan fingerprint density at radius 1 is 1.22 bits per heavy atom. The second-order valence-electron chi connectivity index (χ2n) is 6.66. The molecule has 0 fully saturated rings. The summed E-state index contributed by atoms with van der Waals surface area (Å²) in [7, 11) is 5.73. The van der Waals surface area contributed by atoms with Crippen molar-refractivity contribution in [3.8, 4) is 0 Å². The first-order valence-electron chi connectivity index (χ1n) is 8.63. The van der Waals surface area contributed by atoms with Gasteiger partial charge < -0.3 is 10.6 Å². The third-order valence-electron chi connectivity index (χ3n) is 4.48. The van der Waals surface area contributed by atoms with E-state index >= 15 is 0 Å². The molecule has 0 radical (unpaired) electrons. The summed E-state index contributed by atoms with van der Waals surface area (Å²) in [6, 6.07) is 8.32. The van der Waals surface area contributed by atoms with Crippen LogP contribution in [0.4, 0.5) is 0 Å². The van der Waals surface area contributed by atoms with Crippen molar-refractivity contribution in [3.63, 3.8) is 0 Å². The molecule has 0 saturated carbocycles. The molecule has 27 heavy (non-hydrogen) atoms. The Bertz CT molecular complexity index is 705. The lowest BCUT2D eigenvalue weighted by molar-refractivity contribution is -0.123. The van der Waals surface area contributed by atoms with E-state index in [1.807, 2.05) is 25.4 Å². The van der Waals surface area contributed by atoms with E-state index in [1.54, 1.807) is 17.9 Å². The summed E-state index contributed by atoms with van der Waals surface area (Å²) in [5.41, 5.74) is 3.24. The second kappa shape index (κ2) is 12.0. The lowest BCUT2D eigenvalue weighted by atomic mass is 10.1.